The second-order valence-electron chi connectivity index (χ2n) is 6.30. The molecular weight excluding hydrogens is 364 g/mol. The van der Waals surface area contributed by atoms with Crippen LogP contribution in [0, 0.1) is 0 Å². The van der Waals surface area contributed by atoms with Crippen molar-refractivity contribution < 1.29 is 33.1 Å². The maximum absolute atomic E-state index is 14.1. The van der Waals surface area contributed by atoms with Gasteiger partial charge >= 0.3 is 11.6 Å². The molecule has 0 spiro atoms. The van der Waals surface area contributed by atoms with Gasteiger partial charge in [0.05, 0.1) is 24.3 Å². The number of hydrogen-bond donors (Lipinski definition) is 2. The van der Waals surface area contributed by atoms with Gasteiger partial charge in [0.2, 0.25) is 6.23 Å². The molecule has 2 aromatic heterocycles. The molecule has 1 aliphatic heterocycles. The maximum atomic E-state index is 14.1. The Balaban J connectivity index is 1.82. The fourth-order valence-corrected chi connectivity index (χ4v) is 2.86. The molecule has 2 aromatic rings. The zero-order chi connectivity index (χ0) is 19.8. The lowest BCUT2D eigenvalue weighted by molar-refractivity contribution is -0.671. The summed E-state index contributed by atoms with van der Waals surface area (Å²) in [6, 6.07) is 4.58. The van der Waals surface area contributed by atoms with E-state index in [1.165, 1.54) is 6.07 Å². The maximum Gasteiger partial charge on any atom is 0.350 e. The Kier molecular flexibility index (Phi) is 5.13. The van der Waals surface area contributed by atoms with Crippen molar-refractivity contribution in [3.63, 3.8) is 0 Å². The highest BCUT2D eigenvalue weighted by Gasteiger charge is 2.59. The van der Waals surface area contributed by atoms with Crippen molar-refractivity contribution >= 4 is 5.78 Å². The predicted octanol–water partition coefficient (Wildman–Crippen LogP) is -0.621. The Morgan fingerprint density at radius 1 is 1.44 bits per heavy atom. The molecule has 0 aromatic carbocycles. The van der Waals surface area contributed by atoms with Crippen LogP contribution in [0.15, 0.2) is 41.6 Å². The number of aliphatic hydroxyl groups is 2. The molecule has 1 saturated heterocycles. The highest BCUT2D eigenvalue weighted by atomic mass is 19.3. The molecular formula is C17H18F2N3O5+. The Hall–Kier alpha value is -2.56. The van der Waals surface area contributed by atoms with Crippen molar-refractivity contribution in [2.75, 3.05) is 6.61 Å². The number of carbonyl (C=O) groups is 1. The fourth-order valence-electron chi connectivity index (χ4n) is 2.86. The van der Waals surface area contributed by atoms with Crippen LogP contribution in [0.2, 0.25) is 0 Å². The van der Waals surface area contributed by atoms with Gasteiger partial charge in [0.25, 0.3) is 0 Å². The molecule has 3 heterocycles. The minimum absolute atomic E-state index is 0.119. The zero-order valence-corrected chi connectivity index (χ0v) is 14.3. The van der Waals surface area contributed by atoms with Crippen LogP contribution in [0.25, 0.3) is 0 Å². The number of ether oxygens (including phenoxy) is 1. The highest BCUT2D eigenvalue weighted by Crippen LogP contribution is 2.41. The number of hydrogen-bond acceptors (Lipinski definition) is 6. The molecule has 10 heteroatoms. The summed E-state index contributed by atoms with van der Waals surface area (Å²) < 4.78 is 35.4. The van der Waals surface area contributed by atoms with E-state index in [1.54, 1.807) is 36.1 Å². The van der Waals surface area contributed by atoms with Crippen molar-refractivity contribution in [2.45, 2.75) is 30.8 Å². The Labute approximate surface area is 152 Å². The predicted molar refractivity (Wildman–Crippen MR) is 86.1 cm³/mol. The van der Waals surface area contributed by atoms with Crippen LogP contribution in [-0.4, -0.2) is 50.3 Å². The van der Waals surface area contributed by atoms with E-state index >= 15 is 0 Å². The SMILES string of the molecule is C[n+]1cccc(C(=O)Cc2ccn([C@@H]3O[C@H](CO)[C@@H](O)C3(F)F)c(=O)n2)c1. The Bertz CT molecular complexity index is 917. The van der Waals surface area contributed by atoms with Crippen LogP contribution >= 0.6 is 0 Å². The van der Waals surface area contributed by atoms with E-state index in [0.717, 1.165) is 6.20 Å². The number of carbonyl (C=O) groups excluding carboxylic acids is 1. The summed E-state index contributed by atoms with van der Waals surface area (Å²) in [6.07, 6.45) is -1.63. The van der Waals surface area contributed by atoms with Gasteiger partial charge in [-0.2, -0.15) is 13.8 Å². The number of aryl methyl sites for hydroxylation is 1. The van der Waals surface area contributed by atoms with E-state index in [4.69, 9.17) is 9.84 Å². The first-order valence-corrected chi connectivity index (χ1v) is 8.12. The van der Waals surface area contributed by atoms with Gasteiger partial charge in [0, 0.05) is 12.3 Å². The van der Waals surface area contributed by atoms with E-state index in [2.05, 4.69) is 4.98 Å². The number of nitrogens with zero attached hydrogens (tertiary/aromatic N) is 3. The number of aliphatic hydroxyl groups excluding tert-OH is 2. The topological polar surface area (TPSA) is 106 Å². The quantitative estimate of drug-likeness (QED) is 0.528. The van der Waals surface area contributed by atoms with Crippen LogP contribution in [0.4, 0.5) is 8.78 Å². The first-order valence-electron chi connectivity index (χ1n) is 8.12. The Morgan fingerprint density at radius 2 is 2.19 bits per heavy atom. The third kappa shape index (κ3) is 3.64. The molecule has 2 N–H and O–H groups in total. The molecule has 0 saturated carbocycles. The standard InChI is InChI=1S/C17H18F2N3O5/c1-21-5-2-3-10(8-21)12(24)7-11-4-6-22(16(26)20-11)15-17(18,19)14(25)13(9-23)27-15/h2-6,8,13-15,23,25H,7,9H2,1H3/q+1/t13-,14-,15-/m1/s1. The van der Waals surface area contributed by atoms with E-state index < -0.39 is 36.7 Å². The van der Waals surface area contributed by atoms with Crippen molar-refractivity contribution in [3.8, 4) is 0 Å². The van der Waals surface area contributed by atoms with Gasteiger partial charge in [-0.1, -0.05) is 0 Å². The van der Waals surface area contributed by atoms with E-state index in [0.29, 0.717) is 10.1 Å². The van der Waals surface area contributed by atoms with Crippen molar-refractivity contribution in [2.24, 2.45) is 7.05 Å². The summed E-state index contributed by atoms with van der Waals surface area (Å²) in [5.74, 6) is -4.07. The molecule has 144 valence electrons. The number of rotatable bonds is 5. The third-order valence-corrected chi connectivity index (χ3v) is 4.30. The molecule has 27 heavy (non-hydrogen) atoms. The van der Waals surface area contributed by atoms with Crippen molar-refractivity contribution in [1.29, 1.82) is 0 Å². The number of Topliss-reactive ketones (excluding diaryl/α,β-unsaturated/α-hetero) is 1. The van der Waals surface area contributed by atoms with Gasteiger partial charge in [-0.25, -0.2) is 9.36 Å². The molecule has 3 atom stereocenters. The van der Waals surface area contributed by atoms with Crippen LogP contribution in [-0.2, 0) is 18.2 Å². The van der Waals surface area contributed by atoms with E-state index in [-0.39, 0.29) is 17.9 Å². The van der Waals surface area contributed by atoms with Gasteiger partial charge in [-0.3, -0.25) is 9.36 Å². The molecule has 0 unspecified atom stereocenters. The summed E-state index contributed by atoms with van der Waals surface area (Å²) in [5.41, 5.74) is -0.506. The van der Waals surface area contributed by atoms with Gasteiger partial charge in [0.1, 0.15) is 13.2 Å². The summed E-state index contributed by atoms with van der Waals surface area (Å²) >= 11 is 0. The summed E-state index contributed by atoms with van der Waals surface area (Å²) in [4.78, 5) is 28.1. The summed E-state index contributed by atoms with van der Waals surface area (Å²) in [7, 11) is 1.76. The average Bonchev–Trinajstić information content (AvgIpc) is 2.85. The summed E-state index contributed by atoms with van der Waals surface area (Å²) in [5, 5.41) is 18.6. The number of pyridine rings is 1. The van der Waals surface area contributed by atoms with Crippen LogP contribution in [0.3, 0.4) is 0 Å². The van der Waals surface area contributed by atoms with Crippen LogP contribution in [0.5, 0.6) is 0 Å². The first kappa shape index (κ1) is 19.2. The van der Waals surface area contributed by atoms with Crippen molar-refractivity contribution in [3.05, 3.63) is 58.5 Å². The first-order chi connectivity index (χ1) is 12.7. The van der Waals surface area contributed by atoms with Crippen molar-refractivity contribution in [1.82, 2.24) is 9.55 Å². The molecule has 8 nitrogen and oxygen atoms in total. The minimum Gasteiger partial charge on any atom is -0.394 e. The molecule has 0 bridgehead atoms. The number of halogens is 2. The normalized spacial score (nSPS) is 24.1. The molecule has 0 radical (unpaired) electrons. The highest BCUT2D eigenvalue weighted by molar-refractivity contribution is 5.96. The van der Waals surface area contributed by atoms with Crippen LogP contribution in [0.1, 0.15) is 22.3 Å². The smallest absolute Gasteiger partial charge is 0.350 e. The van der Waals surface area contributed by atoms with Gasteiger partial charge in [-0.15, -0.1) is 0 Å². The van der Waals surface area contributed by atoms with Gasteiger partial charge < -0.3 is 14.9 Å². The van der Waals surface area contributed by atoms with E-state index in [9.17, 15) is 23.5 Å². The molecule has 0 amide bonds. The zero-order valence-electron chi connectivity index (χ0n) is 14.3. The molecule has 0 aliphatic carbocycles. The second kappa shape index (κ2) is 7.22. The lowest BCUT2D eigenvalue weighted by Crippen LogP contribution is -2.41. The molecule has 3 rings (SSSR count). The van der Waals surface area contributed by atoms with Gasteiger partial charge in [-0.05, 0) is 12.1 Å². The lowest BCUT2D eigenvalue weighted by atomic mass is 10.1. The Morgan fingerprint density at radius 3 is 2.78 bits per heavy atom. The largest absolute Gasteiger partial charge is 0.394 e. The average molecular weight is 382 g/mol. The third-order valence-electron chi connectivity index (χ3n) is 4.30. The molecule has 1 fully saturated rings. The number of alkyl halides is 2. The second-order valence-corrected chi connectivity index (χ2v) is 6.30. The number of ketones is 1. The summed E-state index contributed by atoms with van der Waals surface area (Å²) in [6.45, 7) is -0.823. The monoisotopic (exact) mass is 382 g/mol. The fraction of sp³-hybridized carbons (Fsp3) is 0.412. The van der Waals surface area contributed by atoms with E-state index in [1.807, 2.05) is 0 Å². The molecule has 1 aliphatic rings. The lowest BCUT2D eigenvalue weighted by Gasteiger charge is -2.21. The van der Waals surface area contributed by atoms with Gasteiger partial charge in [0.15, 0.2) is 24.3 Å². The van der Waals surface area contributed by atoms with Crippen LogP contribution < -0.4 is 10.3 Å². The minimum atomic E-state index is -3.78. The number of aromatic nitrogens is 3.